The smallest absolute Gasteiger partial charge is 0.268 e. The molecule has 212 valence electrons. The van der Waals surface area contributed by atoms with Gasteiger partial charge in [-0.1, -0.05) is 95.2 Å². The van der Waals surface area contributed by atoms with E-state index in [9.17, 15) is 19.6 Å². The minimum Gasteiger partial charge on any atom is -0.289 e. The Labute approximate surface area is 232 Å². The van der Waals surface area contributed by atoms with Gasteiger partial charge in [0.15, 0.2) is 0 Å². The maximum absolute atomic E-state index is 13.8. The Bertz CT molecular complexity index is 1030. The van der Waals surface area contributed by atoms with Crippen LogP contribution < -0.4 is 5.48 Å². The monoisotopic (exact) mass is 536 g/mol. The number of hydrazine groups is 1. The molecule has 0 radical (unpaired) electrons. The Hall–Kier alpha value is -3.26. The molecule has 0 unspecified atom stereocenters. The van der Waals surface area contributed by atoms with Crippen molar-refractivity contribution >= 4 is 17.7 Å². The number of pyridine rings is 1. The maximum atomic E-state index is 13.8. The molecule has 2 aromatic rings. The van der Waals surface area contributed by atoms with Crippen molar-refractivity contribution in [1.29, 1.82) is 0 Å². The lowest BCUT2D eigenvalue weighted by molar-refractivity contribution is -0.176. The topological polar surface area (TPSA) is 103 Å². The second-order valence-electron chi connectivity index (χ2n) is 11.1. The number of aromatic nitrogens is 1. The minimum atomic E-state index is -1.00. The second-order valence-corrected chi connectivity index (χ2v) is 11.1. The standard InChI is InChI=1S/C31H44N4O4/c1-24(2)18-19-29(36)35(28(31(38)33-39)17-9-15-25-11-5-3-6-12-25)34(23-26-13-7-4-8-14-26)30(37)21-27-16-10-20-32-22-27/h4,7-8,10,13-14,16,20,22,24-25,28,39H,3,5-6,9,11-12,15,17-19,21,23H2,1-2H3,(H,33,38)/t28-/m0/s1. The van der Waals surface area contributed by atoms with Gasteiger partial charge >= 0.3 is 0 Å². The Kier molecular flexibility index (Phi) is 12.4. The summed E-state index contributed by atoms with van der Waals surface area (Å²) in [6.45, 7) is 4.20. The lowest BCUT2D eigenvalue weighted by atomic mass is 9.85. The Morgan fingerprint density at radius 1 is 0.974 bits per heavy atom. The molecule has 1 fully saturated rings. The van der Waals surface area contributed by atoms with Gasteiger partial charge in [-0.05, 0) is 41.9 Å². The van der Waals surface area contributed by atoms with Crippen molar-refractivity contribution in [1.82, 2.24) is 20.5 Å². The third kappa shape index (κ3) is 9.77. The molecular weight excluding hydrogens is 492 g/mol. The van der Waals surface area contributed by atoms with Crippen molar-refractivity contribution in [3.63, 3.8) is 0 Å². The molecule has 8 nitrogen and oxygen atoms in total. The molecule has 1 heterocycles. The third-order valence-corrected chi connectivity index (χ3v) is 7.52. The van der Waals surface area contributed by atoms with Crippen LogP contribution in [0.5, 0.6) is 0 Å². The van der Waals surface area contributed by atoms with E-state index in [-0.39, 0.29) is 37.1 Å². The third-order valence-electron chi connectivity index (χ3n) is 7.52. The van der Waals surface area contributed by atoms with Crippen LogP contribution in [0.15, 0.2) is 54.9 Å². The summed E-state index contributed by atoms with van der Waals surface area (Å²) >= 11 is 0. The fourth-order valence-corrected chi connectivity index (χ4v) is 5.33. The Morgan fingerprint density at radius 3 is 2.33 bits per heavy atom. The molecule has 1 atom stereocenters. The number of hydrogen-bond acceptors (Lipinski definition) is 5. The first-order valence-electron chi connectivity index (χ1n) is 14.4. The quantitative estimate of drug-likeness (QED) is 0.262. The SMILES string of the molecule is CC(C)CCC(=O)N([C@@H](CCCC1CCCCC1)C(=O)NO)N(Cc1ccccc1)C(=O)Cc1cccnc1. The predicted molar refractivity (Wildman–Crippen MR) is 150 cm³/mol. The van der Waals surface area contributed by atoms with Crippen LogP contribution in [-0.4, -0.2) is 44.0 Å². The van der Waals surface area contributed by atoms with E-state index in [0.717, 1.165) is 24.0 Å². The van der Waals surface area contributed by atoms with Gasteiger partial charge in [0, 0.05) is 18.8 Å². The number of carbonyl (C=O) groups excluding carboxylic acids is 3. The zero-order chi connectivity index (χ0) is 28.0. The lowest BCUT2D eigenvalue weighted by Crippen LogP contribution is -2.58. The van der Waals surface area contributed by atoms with Crippen LogP contribution in [0.1, 0.15) is 89.2 Å². The normalized spacial score (nSPS) is 14.6. The summed E-state index contributed by atoms with van der Waals surface area (Å²) in [5, 5.41) is 12.4. The number of rotatable bonds is 13. The number of benzene rings is 1. The van der Waals surface area contributed by atoms with Crippen molar-refractivity contribution in [3.05, 3.63) is 66.0 Å². The minimum absolute atomic E-state index is 0.0319. The molecule has 0 aliphatic heterocycles. The molecule has 3 rings (SSSR count). The van der Waals surface area contributed by atoms with E-state index in [1.165, 1.54) is 42.1 Å². The Balaban J connectivity index is 1.93. The highest BCUT2D eigenvalue weighted by Crippen LogP contribution is 2.29. The van der Waals surface area contributed by atoms with E-state index in [1.54, 1.807) is 23.9 Å². The van der Waals surface area contributed by atoms with Gasteiger partial charge in [-0.3, -0.25) is 24.6 Å². The summed E-state index contributed by atoms with van der Waals surface area (Å²) in [7, 11) is 0. The highest BCUT2D eigenvalue weighted by atomic mass is 16.5. The lowest BCUT2D eigenvalue weighted by Gasteiger charge is -2.40. The van der Waals surface area contributed by atoms with Crippen molar-refractivity contribution in [3.8, 4) is 0 Å². The summed E-state index contributed by atoms with van der Waals surface area (Å²) in [4.78, 5) is 44.9. The predicted octanol–water partition coefficient (Wildman–Crippen LogP) is 5.46. The van der Waals surface area contributed by atoms with Gasteiger partial charge in [-0.2, -0.15) is 0 Å². The van der Waals surface area contributed by atoms with Gasteiger partial charge in [0.1, 0.15) is 6.04 Å². The molecule has 2 N–H and O–H groups in total. The van der Waals surface area contributed by atoms with Crippen LogP contribution in [0.4, 0.5) is 0 Å². The average molecular weight is 537 g/mol. The van der Waals surface area contributed by atoms with Crippen molar-refractivity contribution < 1.29 is 19.6 Å². The summed E-state index contributed by atoms with van der Waals surface area (Å²) < 4.78 is 0. The van der Waals surface area contributed by atoms with Crippen LogP contribution >= 0.6 is 0 Å². The van der Waals surface area contributed by atoms with E-state index in [1.807, 2.05) is 50.2 Å². The molecular formula is C31H44N4O4. The molecule has 0 spiro atoms. The molecule has 1 aliphatic rings. The van der Waals surface area contributed by atoms with Gasteiger partial charge in [0.25, 0.3) is 5.91 Å². The molecule has 0 bridgehead atoms. The largest absolute Gasteiger partial charge is 0.289 e. The molecule has 1 aromatic carbocycles. The number of nitrogens with one attached hydrogen (secondary N) is 1. The van der Waals surface area contributed by atoms with Crippen LogP contribution in [0.2, 0.25) is 0 Å². The van der Waals surface area contributed by atoms with Crippen molar-refractivity contribution in [2.24, 2.45) is 11.8 Å². The van der Waals surface area contributed by atoms with Gasteiger partial charge < -0.3 is 0 Å². The van der Waals surface area contributed by atoms with E-state index in [4.69, 9.17) is 0 Å². The first-order chi connectivity index (χ1) is 18.9. The molecule has 8 heteroatoms. The number of hydrogen-bond donors (Lipinski definition) is 2. The van der Waals surface area contributed by atoms with E-state index < -0.39 is 11.9 Å². The zero-order valence-corrected chi connectivity index (χ0v) is 23.4. The summed E-state index contributed by atoms with van der Waals surface area (Å²) in [6, 6.07) is 12.0. The van der Waals surface area contributed by atoms with Crippen LogP contribution in [0.3, 0.4) is 0 Å². The van der Waals surface area contributed by atoms with E-state index in [2.05, 4.69) is 4.98 Å². The summed E-state index contributed by atoms with van der Waals surface area (Å²) in [6.07, 6.45) is 12.3. The highest BCUT2D eigenvalue weighted by molar-refractivity contribution is 5.89. The number of carbonyl (C=O) groups is 3. The van der Waals surface area contributed by atoms with E-state index >= 15 is 0 Å². The van der Waals surface area contributed by atoms with Crippen LogP contribution in [0, 0.1) is 11.8 Å². The van der Waals surface area contributed by atoms with Crippen LogP contribution in [0.25, 0.3) is 0 Å². The Morgan fingerprint density at radius 2 is 1.69 bits per heavy atom. The van der Waals surface area contributed by atoms with Crippen molar-refractivity contribution in [2.45, 2.75) is 97.1 Å². The number of amides is 3. The fraction of sp³-hybridized carbons (Fsp3) is 0.548. The molecule has 0 saturated heterocycles. The van der Waals surface area contributed by atoms with Gasteiger partial charge in [-0.15, -0.1) is 0 Å². The van der Waals surface area contributed by atoms with Crippen molar-refractivity contribution in [2.75, 3.05) is 0 Å². The number of nitrogens with zero attached hydrogens (tertiary/aromatic N) is 3. The second kappa shape index (κ2) is 16.0. The van der Waals surface area contributed by atoms with Crippen LogP contribution in [-0.2, 0) is 27.3 Å². The molecule has 1 aliphatic carbocycles. The molecule has 1 saturated carbocycles. The summed E-state index contributed by atoms with van der Waals surface area (Å²) in [5.41, 5.74) is 3.34. The fourth-order valence-electron chi connectivity index (χ4n) is 5.33. The first-order valence-corrected chi connectivity index (χ1v) is 14.4. The molecule has 3 amide bonds. The van der Waals surface area contributed by atoms with Gasteiger partial charge in [-0.25, -0.2) is 15.5 Å². The first kappa shape index (κ1) is 30.3. The maximum Gasteiger partial charge on any atom is 0.268 e. The van der Waals surface area contributed by atoms with Gasteiger partial charge in [0.05, 0.1) is 13.0 Å². The zero-order valence-electron chi connectivity index (χ0n) is 23.4. The molecule has 1 aromatic heterocycles. The molecule has 39 heavy (non-hydrogen) atoms. The van der Waals surface area contributed by atoms with E-state index in [0.29, 0.717) is 18.8 Å². The summed E-state index contributed by atoms with van der Waals surface area (Å²) in [5.74, 6) is -0.391. The van der Waals surface area contributed by atoms with Gasteiger partial charge in [0.2, 0.25) is 11.8 Å². The number of hydroxylamine groups is 1. The average Bonchev–Trinajstić information content (AvgIpc) is 2.96. The highest BCUT2D eigenvalue weighted by Gasteiger charge is 2.36.